The summed E-state index contributed by atoms with van der Waals surface area (Å²) in [5.74, 6) is 0. The molecule has 0 aliphatic heterocycles. The van der Waals surface area contributed by atoms with E-state index in [9.17, 15) is 8.78 Å². The fourth-order valence-electron chi connectivity index (χ4n) is 1.97. The monoisotopic (exact) mass is 262 g/mol. The zero-order chi connectivity index (χ0) is 13.7. The van der Waals surface area contributed by atoms with Crippen molar-refractivity contribution >= 4 is 0 Å². The Morgan fingerprint density at radius 3 is 1.58 bits per heavy atom. The maximum atomic E-state index is 12.2. The zero-order valence-corrected chi connectivity index (χ0v) is 10.5. The highest BCUT2D eigenvalue weighted by atomic mass is 19.3. The van der Waals surface area contributed by atoms with Crippen LogP contribution in [0, 0.1) is 0 Å². The third-order valence-electron chi connectivity index (χ3n) is 3.03. The first-order chi connectivity index (χ1) is 9.17. The molecule has 3 heteroatoms. The molecule has 2 rings (SSSR count). The van der Waals surface area contributed by atoms with E-state index in [1.165, 1.54) is 0 Å². The van der Waals surface area contributed by atoms with Crippen molar-refractivity contribution in [3.63, 3.8) is 0 Å². The predicted molar refractivity (Wildman–Crippen MR) is 71.3 cm³/mol. The van der Waals surface area contributed by atoms with Crippen LogP contribution in [0.5, 0.6) is 0 Å². The summed E-state index contributed by atoms with van der Waals surface area (Å²) in [6, 6.07) is 15.0. The predicted octanol–water partition coefficient (Wildman–Crippen LogP) is 3.58. The van der Waals surface area contributed by atoms with E-state index >= 15 is 0 Å². The van der Waals surface area contributed by atoms with Gasteiger partial charge in [-0.3, -0.25) is 0 Å². The molecule has 0 amide bonds. The number of hydrogen-bond donors (Lipinski definition) is 1. The van der Waals surface area contributed by atoms with E-state index in [1.807, 2.05) is 36.4 Å². The van der Waals surface area contributed by atoms with Gasteiger partial charge in [0.15, 0.2) is 0 Å². The van der Waals surface area contributed by atoms with Crippen molar-refractivity contribution in [1.82, 2.24) is 0 Å². The molecule has 1 N–H and O–H groups in total. The van der Waals surface area contributed by atoms with E-state index in [4.69, 9.17) is 5.11 Å². The minimum atomic E-state index is -2.29. The lowest BCUT2D eigenvalue weighted by Crippen LogP contribution is -1.97. The van der Waals surface area contributed by atoms with E-state index in [-0.39, 0.29) is 13.0 Å². The van der Waals surface area contributed by atoms with Crippen LogP contribution < -0.4 is 0 Å². The molecule has 0 heterocycles. The van der Waals surface area contributed by atoms with Gasteiger partial charge in [-0.25, -0.2) is 8.78 Å². The third kappa shape index (κ3) is 4.14. The highest BCUT2D eigenvalue weighted by Crippen LogP contribution is 2.14. The van der Waals surface area contributed by atoms with E-state index in [2.05, 4.69) is 0 Å². The Morgan fingerprint density at radius 1 is 0.737 bits per heavy atom. The number of aliphatic hydroxyl groups excluding tert-OH is 1. The molecule has 0 aromatic heterocycles. The minimum Gasteiger partial charge on any atom is -0.392 e. The molecule has 0 aliphatic rings. The second-order valence-electron chi connectivity index (χ2n) is 4.56. The zero-order valence-electron chi connectivity index (χ0n) is 10.5. The molecule has 0 atom stereocenters. The maximum Gasteiger partial charge on any atom is 0.242 e. The molecule has 100 valence electrons. The maximum absolute atomic E-state index is 12.2. The van der Waals surface area contributed by atoms with E-state index < -0.39 is 6.43 Å². The van der Waals surface area contributed by atoms with Gasteiger partial charge in [0.1, 0.15) is 0 Å². The fraction of sp³-hybridized carbons (Fsp3) is 0.250. The van der Waals surface area contributed by atoms with Crippen LogP contribution in [0.3, 0.4) is 0 Å². The minimum absolute atomic E-state index is 0.0443. The summed E-state index contributed by atoms with van der Waals surface area (Å²) in [7, 11) is 0. The molecule has 0 unspecified atom stereocenters. The van der Waals surface area contributed by atoms with E-state index in [0.29, 0.717) is 5.56 Å². The molecule has 0 spiro atoms. The Bertz CT molecular complexity index is 503. The SMILES string of the molecule is OCc1ccc(Cc2ccc(CC(F)F)cc2)cc1. The molecular formula is C16H16F2O. The molecule has 1 nitrogen and oxygen atoms in total. The second kappa shape index (κ2) is 6.43. The Morgan fingerprint density at radius 2 is 1.16 bits per heavy atom. The summed E-state index contributed by atoms with van der Waals surface area (Å²) in [6.45, 7) is 0.0443. The summed E-state index contributed by atoms with van der Waals surface area (Å²) in [6.07, 6.45) is -1.72. The van der Waals surface area contributed by atoms with E-state index in [0.717, 1.165) is 23.1 Å². The summed E-state index contributed by atoms with van der Waals surface area (Å²) < 4.78 is 24.4. The van der Waals surface area contributed by atoms with Gasteiger partial charge in [0, 0.05) is 6.42 Å². The van der Waals surface area contributed by atoms with Crippen molar-refractivity contribution < 1.29 is 13.9 Å². The van der Waals surface area contributed by atoms with E-state index in [1.54, 1.807) is 12.1 Å². The summed E-state index contributed by atoms with van der Waals surface area (Å²) in [4.78, 5) is 0. The fourth-order valence-corrected chi connectivity index (χ4v) is 1.97. The van der Waals surface area contributed by atoms with Crippen molar-refractivity contribution in [2.45, 2.75) is 25.9 Å². The van der Waals surface area contributed by atoms with Crippen molar-refractivity contribution in [2.75, 3.05) is 0 Å². The molecule has 0 saturated carbocycles. The lowest BCUT2D eigenvalue weighted by molar-refractivity contribution is 0.149. The molecule has 2 aromatic rings. The lowest BCUT2D eigenvalue weighted by Gasteiger charge is -2.05. The van der Waals surface area contributed by atoms with Gasteiger partial charge < -0.3 is 5.11 Å². The van der Waals surface area contributed by atoms with Crippen LogP contribution in [0.2, 0.25) is 0 Å². The molecule has 19 heavy (non-hydrogen) atoms. The number of rotatable bonds is 5. The topological polar surface area (TPSA) is 20.2 Å². The average molecular weight is 262 g/mol. The Labute approximate surface area is 111 Å². The van der Waals surface area contributed by atoms with Crippen LogP contribution in [0.15, 0.2) is 48.5 Å². The molecule has 0 saturated heterocycles. The number of alkyl halides is 2. The quantitative estimate of drug-likeness (QED) is 0.873. The van der Waals surface area contributed by atoms with Crippen LogP contribution in [0.25, 0.3) is 0 Å². The molecular weight excluding hydrogens is 246 g/mol. The summed E-state index contributed by atoms with van der Waals surface area (Å²) >= 11 is 0. The van der Waals surface area contributed by atoms with Gasteiger partial charge in [0.05, 0.1) is 6.61 Å². The largest absolute Gasteiger partial charge is 0.392 e. The Balaban J connectivity index is 2.02. The second-order valence-corrected chi connectivity index (χ2v) is 4.56. The smallest absolute Gasteiger partial charge is 0.242 e. The number of benzene rings is 2. The first-order valence-electron chi connectivity index (χ1n) is 6.22. The lowest BCUT2D eigenvalue weighted by atomic mass is 10.0. The van der Waals surface area contributed by atoms with Crippen molar-refractivity contribution in [3.8, 4) is 0 Å². The first-order valence-corrected chi connectivity index (χ1v) is 6.22. The van der Waals surface area contributed by atoms with Gasteiger partial charge in [-0.15, -0.1) is 0 Å². The van der Waals surface area contributed by atoms with Crippen LogP contribution in [-0.4, -0.2) is 11.5 Å². The van der Waals surface area contributed by atoms with Crippen molar-refractivity contribution in [3.05, 3.63) is 70.8 Å². The molecule has 0 fully saturated rings. The molecule has 0 radical (unpaired) electrons. The summed E-state index contributed by atoms with van der Waals surface area (Å²) in [5, 5.41) is 8.96. The highest BCUT2D eigenvalue weighted by Gasteiger charge is 2.04. The number of hydrogen-bond acceptors (Lipinski definition) is 1. The first kappa shape index (κ1) is 13.7. The van der Waals surface area contributed by atoms with Crippen LogP contribution in [-0.2, 0) is 19.4 Å². The van der Waals surface area contributed by atoms with Gasteiger partial charge in [-0.2, -0.15) is 0 Å². The average Bonchev–Trinajstić information content (AvgIpc) is 2.41. The summed E-state index contributed by atoms with van der Waals surface area (Å²) in [5.41, 5.74) is 3.78. The van der Waals surface area contributed by atoms with Crippen LogP contribution >= 0.6 is 0 Å². The molecule has 0 bridgehead atoms. The van der Waals surface area contributed by atoms with Gasteiger partial charge in [-0.05, 0) is 28.7 Å². The van der Waals surface area contributed by atoms with Crippen molar-refractivity contribution in [1.29, 1.82) is 0 Å². The standard InChI is InChI=1S/C16H16F2O/c17-16(18)10-14-3-1-12(2-4-14)9-13-5-7-15(11-19)8-6-13/h1-8,16,19H,9-11H2. The Hall–Kier alpha value is -1.74. The normalized spacial score (nSPS) is 10.9. The van der Waals surface area contributed by atoms with Crippen LogP contribution in [0.4, 0.5) is 8.78 Å². The van der Waals surface area contributed by atoms with Gasteiger partial charge in [-0.1, -0.05) is 48.5 Å². The van der Waals surface area contributed by atoms with Gasteiger partial charge in [0.2, 0.25) is 6.43 Å². The van der Waals surface area contributed by atoms with Gasteiger partial charge in [0.25, 0.3) is 0 Å². The molecule has 2 aromatic carbocycles. The van der Waals surface area contributed by atoms with Crippen LogP contribution in [0.1, 0.15) is 22.3 Å². The van der Waals surface area contributed by atoms with Gasteiger partial charge >= 0.3 is 0 Å². The Kier molecular flexibility index (Phi) is 4.63. The molecule has 0 aliphatic carbocycles. The third-order valence-corrected chi connectivity index (χ3v) is 3.03. The number of aliphatic hydroxyl groups is 1. The van der Waals surface area contributed by atoms with Crippen molar-refractivity contribution in [2.24, 2.45) is 0 Å². The highest BCUT2D eigenvalue weighted by molar-refractivity contribution is 5.30. The number of halogens is 2.